The summed E-state index contributed by atoms with van der Waals surface area (Å²) in [4.78, 5) is 0. The molecule has 3 heteroatoms. The lowest BCUT2D eigenvalue weighted by atomic mass is 10.1. The Kier molecular flexibility index (Phi) is 3.94. The average molecular weight is 240 g/mol. The molecule has 0 spiro atoms. The Hall–Kier alpha value is -0.850. The van der Waals surface area contributed by atoms with Crippen molar-refractivity contribution >= 4 is 15.9 Å². The summed E-state index contributed by atoms with van der Waals surface area (Å²) >= 11 is 3.37. The molecule has 0 bridgehead atoms. The molecular formula is C10H10BrNO. The van der Waals surface area contributed by atoms with Crippen LogP contribution in [0.25, 0.3) is 0 Å². The number of hydrogen-bond acceptors (Lipinski definition) is 2. The Balaban J connectivity index is 2.90. The van der Waals surface area contributed by atoms with Crippen molar-refractivity contribution in [2.75, 3.05) is 6.61 Å². The van der Waals surface area contributed by atoms with Gasteiger partial charge in [-0.25, -0.2) is 0 Å². The quantitative estimate of drug-likeness (QED) is 0.813. The van der Waals surface area contributed by atoms with Crippen LogP contribution in [0.1, 0.15) is 18.1 Å². The van der Waals surface area contributed by atoms with Gasteiger partial charge >= 0.3 is 0 Å². The third-order valence-electron chi connectivity index (χ3n) is 1.66. The van der Waals surface area contributed by atoms with Crippen LogP contribution in [0.5, 0.6) is 0 Å². The fourth-order valence-corrected chi connectivity index (χ4v) is 1.46. The number of rotatable bonds is 3. The van der Waals surface area contributed by atoms with Gasteiger partial charge < -0.3 is 4.74 Å². The van der Waals surface area contributed by atoms with Crippen LogP contribution in [0.4, 0.5) is 0 Å². The molecule has 0 saturated carbocycles. The molecule has 0 aromatic heterocycles. The molecular weight excluding hydrogens is 230 g/mol. The summed E-state index contributed by atoms with van der Waals surface area (Å²) in [6, 6.07) is 7.69. The smallest absolute Gasteiger partial charge is 0.100 e. The summed E-state index contributed by atoms with van der Waals surface area (Å²) in [5.41, 5.74) is 1.66. The van der Waals surface area contributed by atoms with Gasteiger partial charge in [0.2, 0.25) is 0 Å². The van der Waals surface area contributed by atoms with Crippen molar-refractivity contribution in [1.29, 1.82) is 5.26 Å². The van der Waals surface area contributed by atoms with E-state index in [0.717, 1.165) is 10.0 Å². The monoisotopic (exact) mass is 239 g/mol. The Bertz CT molecular complexity index is 330. The highest BCUT2D eigenvalue weighted by Gasteiger charge is 2.03. The lowest BCUT2D eigenvalue weighted by Crippen LogP contribution is -1.94. The van der Waals surface area contributed by atoms with E-state index in [0.29, 0.717) is 18.8 Å². The Morgan fingerprint density at radius 1 is 1.54 bits per heavy atom. The molecule has 0 N–H and O–H groups in total. The fraction of sp³-hybridized carbons (Fsp3) is 0.300. The van der Waals surface area contributed by atoms with E-state index < -0.39 is 0 Å². The van der Waals surface area contributed by atoms with Gasteiger partial charge in [0.1, 0.15) is 6.07 Å². The minimum absolute atomic E-state index is 0.548. The first kappa shape index (κ1) is 10.2. The Morgan fingerprint density at radius 2 is 2.31 bits per heavy atom. The molecule has 0 radical (unpaired) electrons. The molecule has 0 aliphatic heterocycles. The van der Waals surface area contributed by atoms with E-state index in [9.17, 15) is 0 Å². The van der Waals surface area contributed by atoms with Gasteiger partial charge in [0.25, 0.3) is 0 Å². The first-order chi connectivity index (χ1) is 6.29. The van der Waals surface area contributed by atoms with E-state index in [2.05, 4.69) is 22.0 Å². The average Bonchev–Trinajstić information content (AvgIpc) is 2.16. The van der Waals surface area contributed by atoms with Crippen LogP contribution in [0.15, 0.2) is 22.7 Å². The van der Waals surface area contributed by atoms with Crippen LogP contribution in [0.3, 0.4) is 0 Å². The highest BCUT2D eigenvalue weighted by atomic mass is 79.9. The zero-order chi connectivity index (χ0) is 9.68. The third kappa shape index (κ3) is 2.55. The number of nitriles is 1. The van der Waals surface area contributed by atoms with Crippen LogP contribution >= 0.6 is 15.9 Å². The molecule has 1 rings (SSSR count). The second kappa shape index (κ2) is 5.00. The topological polar surface area (TPSA) is 33.0 Å². The van der Waals surface area contributed by atoms with Gasteiger partial charge in [-0.05, 0) is 34.5 Å². The summed E-state index contributed by atoms with van der Waals surface area (Å²) in [6.45, 7) is 3.18. The van der Waals surface area contributed by atoms with Crippen LogP contribution in [-0.4, -0.2) is 6.61 Å². The largest absolute Gasteiger partial charge is 0.377 e. The molecule has 0 aliphatic carbocycles. The van der Waals surface area contributed by atoms with Gasteiger partial charge in [0.05, 0.1) is 12.2 Å². The van der Waals surface area contributed by atoms with Crippen molar-refractivity contribution in [2.24, 2.45) is 0 Å². The van der Waals surface area contributed by atoms with E-state index in [1.54, 1.807) is 6.07 Å². The lowest BCUT2D eigenvalue weighted by molar-refractivity contribution is 0.133. The van der Waals surface area contributed by atoms with Gasteiger partial charge in [-0.1, -0.05) is 12.1 Å². The number of hydrogen-bond donors (Lipinski definition) is 0. The minimum Gasteiger partial charge on any atom is -0.377 e. The maximum atomic E-state index is 8.75. The predicted octanol–water partition coefficient (Wildman–Crippen LogP) is 2.86. The van der Waals surface area contributed by atoms with Gasteiger partial charge in [-0.2, -0.15) is 5.26 Å². The summed E-state index contributed by atoms with van der Waals surface area (Å²) < 4.78 is 6.10. The summed E-state index contributed by atoms with van der Waals surface area (Å²) in [6.07, 6.45) is 0. The van der Waals surface area contributed by atoms with E-state index in [1.165, 1.54) is 0 Å². The van der Waals surface area contributed by atoms with Gasteiger partial charge in [0, 0.05) is 11.1 Å². The number of halogens is 1. The van der Waals surface area contributed by atoms with Gasteiger partial charge in [0.15, 0.2) is 0 Å². The maximum Gasteiger partial charge on any atom is 0.100 e. The van der Waals surface area contributed by atoms with Gasteiger partial charge in [-0.3, -0.25) is 0 Å². The van der Waals surface area contributed by atoms with E-state index in [1.807, 2.05) is 19.1 Å². The first-order valence-electron chi connectivity index (χ1n) is 4.04. The molecule has 1 aromatic carbocycles. The third-order valence-corrected chi connectivity index (χ3v) is 2.60. The molecule has 0 unspecified atom stereocenters. The number of ether oxygens (including phenoxy) is 1. The van der Waals surface area contributed by atoms with Crippen LogP contribution in [0, 0.1) is 11.3 Å². The van der Waals surface area contributed by atoms with Crippen molar-refractivity contribution in [1.82, 2.24) is 0 Å². The molecule has 0 fully saturated rings. The van der Waals surface area contributed by atoms with E-state index in [4.69, 9.17) is 10.00 Å². The summed E-state index contributed by atoms with van der Waals surface area (Å²) in [5.74, 6) is 0. The van der Waals surface area contributed by atoms with Gasteiger partial charge in [-0.15, -0.1) is 0 Å². The molecule has 0 heterocycles. The molecule has 0 amide bonds. The standard InChI is InChI=1S/C10H10BrNO/c1-2-13-7-9-5-3-4-8(6-12)10(9)11/h3-5H,2,7H2,1H3. The summed E-state index contributed by atoms with van der Waals surface area (Å²) in [7, 11) is 0. The van der Waals surface area contributed by atoms with Crippen LogP contribution in [0.2, 0.25) is 0 Å². The summed E-state index contributed by atoms with van der Waals surface area (Å²) in [5, 5.41) is 8.75. The van der Waals surface area contributed by atoms with Crippen molar-refractivity contribution < 1.29 is 4.74 Å². The minimum atomic E-state index is 0.548. The maximum absolute atomic E-state index is 8.75. The highest BCUT2D eigenvalue weighted by Crippen LogP contribution is 2.21. The fourth-order valence-electron chi connectivity index (χ4n) is 0.990. The SMILES string of the molecule is CCOCc1cccc(C#N)c1Br. The van der Waals surface area contributed by atoms with E-state index in [-0.39, 0.29) is 0 Å². The zero-order valence-electron chi connectivity index (χ0n) is 7.38. The van der Waals surface area contributed by atoms with E-state index >= 15 is 0 Å². The van der Waals surface area contributed by atoms with Crippen molar-refractivity contribution in [3.63, 3.8) is 0 Å². The number of nitrogens with zero attached hydrogens (tertiary/aromatic N) is 1. The second-order valence-corrected chi connectivity index (χ2v) is 3.32. The molecule has 2 nitrogen and oxygen atoms in total. The Morgan fingerprint density at radius 3 is 2.92 bits per heavy atom. The molecule has 13 heavy (non-hydrogen) atoms. The van der Waals surface area contributed by atoms with Crippen LogP contribution in [-0.2, 0) is 11.3 Å². The molecule has 0 saturated heterocycles. The second-order valence-electron chi connectivity index (χ2n) is 2.53. The Labute approximate surface area is 86.3 Å². The highest BCUT2D eigenvalue weighted by molar-refractivity contribution is 9.10. The van der Waals surface area contributed by atoms with Crippen molar-refractivity contribution in [3.05, 3.63) is 33.8 Å². The molecule has 0 aliphatic rings. The predicted molar refractivity (Wildman–Crippen MR) is 54.2 cm³/mol. The zero-order valence-corrected chi connectivity index (χ0v) is 8.97. The van der Waals surface area contributed by atoms with Crippen molar-refractivity contribution in [3.8, 4) is 6.07 Å². The molecule has 0 atom stereocenters. The first-order valence-corrected chi connectivity index (χ1v) is 4.84. The molecule has 1 aromatic rings. The normalized spacial score (nSPS) is 9.62. The van der Waals surface area contributed by atoms with Crippen LogP contribution < -0.4 is 0 Å². The number of benzene rings is 1. The van der Waals surface area contributed by atoms with Crippen molar-refractivity contribution in [2.45, 2.75) is 13.5 Å². The molecule has 68 valence electrons. The lowest BCUT2D eigenvalue weighted by Gasteiger charge is -2.04.